The molecule has 21 heavy (non-hydrogen) atoms. The van der Waals surface area contributed by atoms with Crippen molar-refractivity contribution in [2.45, 2.75) is 13.1 Å². The quantitative estimate of drug-likeness (QED) is 0.884. The van der Waals surface area contributed by atoms with Crippen molar-refractivity contribution in [3.63, 3.8) is 0 Å². The molecule has 0 atom stereocenters. The molecule has 0 fully saturated rings. The maximum absolute atomic E-state index is 12.1. The van der Waals surface area contributed by atoms with Crippen LogP contribution in [0.4, 0.5) is 0 Å². The number of nitrogens with two attached hydrogens (primary N) is 1. The second-order valence-electron chi connectivity index (χ2n) is 4.88. The number of benzene rings is 2. The van der Waals surface area contributed by atoms with Crippen LogP contribution >= 0.6 is 0 Å². The van der Waals surface area contributed by atoms with E-state index in [1.165, 1.54) is 0 Å². The maximum atomic E-state index is 12.1. The van der Waals surface area contributed by atoms with Crippen LogP contribution in [0.3, 0.4) is 0 Å². The average molecular weight is 284 g/mol. The van der Waals surface area contributed by atoms with Gasteiger partial charge < -0.3 is 15.4 Å². The Morgan fingerprint density at radius 1 is 1.10 bits per heavy atom. The Labute approximate surface area is 125 Å². The van der Waals surface area contributed by atoms with Gasteiger partial charge in [0, 0.05) is 20.1 Å². The molecular weight excluding hydrogens is 264 g/mol. The summed E-state index contributed by atoms with van der Waals surface area (Å²) in [5.41, 5.74) is 7.66. The van der Waals surface area contributed by atoms with Gasteiger partial charge in [0.25, 0.3) is 5.91 Å². The van der Waals surface area contributed by atoms with E-state index in [9.17, 15) is 4.79 Å². The highest BCUT2D eigenvalue weighted by atomic mass is 16.5. The molecule has 2 rings (SSSR count). The minimum atomic E-state index is -0.0583. The number of rotatable bonds is 6. The summed E-state index contributed by atoms with van der Waals surface area (Å²) >= 11 is 0. The number of ether oxygens (including phenoxy) is 1. The Morgan fingerprint density at radius 2 is 1.81 bits per heavy atom. The van der Waals surface area contributed by atoms with Crippen LogP contribution in [0.1, 0.15) is 11.1 Å². The minimum Gasteiger partial charge on any atom is -0.484 e. The first-order valence-corrected chi connectivity index (χ1v) is 6.88. The molecule has 0 aromatic heterocycles. The van der Waals surface area contributed by atoms with E-state index in [2.05, 4.69) is 0 Å². The van der Waals surface area contributed by atoms with E-state index in [0.717, 1.165) is 11.1 Å². The Bertz CT molecular complexity index is 584. The summed E-state index contributed by atoms with van der Waals surface area (Å²) in [6, 6.07) is 17.3. The summed E-state index contributed by atoms with van der Waals surface area (Å²) in [5.74, 6) is 0.608. The topological polar surface area (TPSA) is 55.6 Å². The van der Waals surface area contributed by atoms with Gasteiger partial charge in [0.05, 0.1) is 0 Å². The zero-order valence-corrected chi connectivity index (χ0v) is 12.2. The van der Waals surface area contributed by atoms with E-state index >= 15 is 0 Å². The normalized spacial score (nSPS) is 10.2. The Morgan fingerprint density at radius 3 is 2.52 bits per heavy atom. The third-order valence-electron chi connectivity index (χ3n) is 3.18. The second-order valence-corrected chi connectivity index (χ2v) is 4.88. The monoisotopic (exact) mass is 284 g/mol. The van der Waals surface area contributed by atoms with Gasteiger partial charge in [-0.2, -0.15) is 0 Å². The lowest BCUT2D eigenvalue weighted by Crippen LogP contribution is -2.30. The molecule has 0 radical (unpaired) electrons. The number of hydrogen-bond acceptors (Lipinski definition) is 3. The van der Waals surface area contributed by atoms with Gasteiger partial charge in [-0.1, -0.05) is 42.5 Å². The van der Waals surface area contributed by atoms with Gasteiger partial charge >= 0.3 is 0 Å². The smallest absolute Gasteiger partial charge is 0.260 e. The summed E-state index contributed by atoms with van der Waals surface area (Å²) in [7, 11) is 1.77. The number of nitrogens with zero attached hydrogens (tertiary/aromatic N) is 1. The zero-order chi connectivity index (χ0) is 15.1. The van der Waals surface area contributed by atoms with Crippen molar-refractivity contribution >= 4 is 5.91 Å². The molecule has 0 aliphatic rings. The molecule has 0 unspecified atom stereocenters. The van der Waals surface area contributed by atoms with Crippen LogP contribution in [0, 0.1) is 0 Å². The number of likely N-dealkylation sites (N-methyl/N-ethyl adjacent to an activating group) is 1. The van der Waals surface area contributed by atoms with Crippen molar-refractivity contribution in [1.82, 2.24) is 4.90 Å². The van der Waals surface area contributed by atoms with Gasteiger partial charge in [0.2, 0.25) is 0 Å². The number of hydrogen-bond donors (Lipinski definition) is 1. The fraction of sp³-hybridized carbons (Fsp3) is 0.235. The third-order valence-corrected chi connectivity index (χ3v) is 3.18. The minimum absolute atomic E-state index is 0.0252. The highest BCUT2D eigenvalue weighted by Gasteiger charge is 2.10. The van der Waals surface area contributed by atoms with E-state index in [0.29, 0.717) is 18.8 Å². The van der Waals surface area contributed by atoms with Gasteiger partial charge in [0.15, 0.2) is 6.61 Å². The largest absolute Gasteiger partial charge is 0.484 e. The molecule has 2 aromatic carbocycles. The van der Waals surface area contributed by atoms with Crippen LogP contribution in [-0.2, 0) is 17.9 Å². The molecule has 0 saturated carbocycles. The molecule has 1 amide bonds. The SMILES string of the molecule is CN(Cc1ccccc1)C(=O)COc1cccc(CN)c1. The summed E-state index contributed by atoms with van der Waals surface area (Å²) in [4.78, 5) is 13.7. The first kappa shape index (κ1) is 15.1. The van der Waals surface area contributed by atoms with Gasteiger partial charge in [-0.15, -0.1) is 0 Å². The molecule has 0 saturated heterocycles. The standard InChI is InChI=1S/C17H20N2O2/c1-19(12-14-6-3-2-4-7-14)17(20)13-21-16-9-5-8-15(10-16)11-18/h2-10H,11-13,18H2,1H3. The average Bonchev–Trinajstić information content (AvgIpc) is 2.53. The van der Waals surface area contributed by atoms with Crippen LogP contribution in [0.5, 0.6) is 5.75 Å². The predicted octanol–water partition coefficient (Wildman–Crippen LogP) is 2.18. The van der Waals surface area contributed by atoms with Crippen molar-refractivity contribution in [3.8, 4) is 5.75 Å². The fourth-order valence-electron chi connectivity index (χ4n) is 1.96. The molecular formula is C17H20N2O2. The summed E-state index contributed by atoms with van der Waals surface area (Å²) in [6.45, 7) is 1.06. The molecule has 0 spiro atoms. The predicted molar refractivity (Wildman–Crippen MR) is 82.7 cm³/mol. The van der Waals surface area contributed by atoms with Crippen LogP contribution in [0.15, 0.2) is 54.6 Å². The van der Waals surface area contributed by atoms with Gasteiger partial charge in [-0.3, -0.25) is 4.79 Å². The first-order chi connectivity index (χ1) is 10.2. The highest BCUT2D eigenvalue weighted by molar-refractivity contribution is 5.77. The molecule has 2 aromatic rings. The van der Waals surface area contributed by atoms with Crippen LogP contribution in [0.25, 0.3) is 0 Å². The molecule has 4 nitrogen and oxygen atoms in total. The number of carbonyl (C=O) groups excluding carboxylic acids is 1. The highest BCUT2D eigenvalue weighted by Crippen LogP contribution is 2.13. The summed E-state index contributed by atoms with van der Waals surface area (Å²) < 4.78 is 5.52. The van der Waals surface area contributed by atoms with Gasteiger partial charge in [0.1, 0.15) is 5.75 Å². The maximum Gasteiger partial charge on any atom is 0.260 e. The number of amides is 1. The second kappa shape index (κ2) is 7.45. The van der Waals surface area contributed by atoms with Gasteiger partial charge in [-0.25, -0.2) is 0 Å². The van der Waals surface area contributed by atoms with Crippen molar-refractivity contribution < 1.29 is 9.53 Å². The molecule has 0 bridgehead atoms. The Kier molecular flexibility index (Phi) is 5.35. The van der Waals surface area contributed by atoms with Crippen molar-refractivity contribution in [2.24, 2.45) is 5.73 Å². The summed E-state index contributed by atoms with van der Waals surface area (Å²) in [5, 5.41) is 0. The first-order valence-electron chi connectivity index (χ1n) is 6.88. The van der Waals surface area contributed by atoms with E-state index < -0.39 is 0 Å². The van der Waals surface area contributed by atoms with Crippen LogP contribution in [0.2, 0.25) is 0 Å². The van der Waals surface area contributed by atoms with Gasteiger partial charge in [-0.05, 0) is 23.3 Å². The molecule has 0 aliphatic carbocycles. The molecule has 4 heteroatoms. The van der Waals surface area contributed by atoms with Crippen molar-refractivity contribution in [3.05, 3.63) is 65.7 Å². The van der Waals surface area contributed by atoms with E-state index in [-0.39, 0.29) is 12.5 Å². The van der Waals surface area contributed by atoms with E-state index in [1.807, 2.05) is 54.6 Å². The Balaban J connectivity index is 1.86. The number of carbonyl (C=O) groups is 1. The lowest BCUT2D eigenvalue weighted by atomic mass is 10.2. The lowest BCUT2D eigenvalue weighted by Gasteiger charge is -2.17. The molecule has 0 aliphatic heterocycles. The third kappa shape index (κ3) is 4.61. The molecule has 0 heterocycles. The fourth-order valence-corrected chi connectivity index (χ4v) is 1.96. The molecule has 2 N–H and O–H groups in total. The Hall–Kier alpha value is -2.33. The van der Waals surface area contributed by atoms with Crippen molar-refractivity contribution in [2.75, 3.05) is 13.7 Å². The molecule has 110 valence electrons. The van der Waals surface area contributed by atoms with E-state index in [1.54, 1.807) is 11.9 Å². The zero-order valence-electron chi connectivity index (χ0n) is 12.2. The lowest BCUT2D eigenvalue weighted by molar-refractivity contribution is -0.132. The van der Waals surface area contributed by atoms with Crippen LogP contribution < -0.4 is 10.5 Å². The van der Waals surface area contributed by atoms with Crippen LogP contribution in [-0.4, -0.2) is 24.5 Å². The summed E-state index contributed by atoms with van der Waals surface area (Å²) in [6.07, 6.45) is 0. The van der Waals surface area contributed by atoms with Crippen molar-refractivity contribution in [1.29, 1.82) is 0 Å². The van der Waals surface area contributed by atoms with E-state index in [4.69, 9.17) is 10.5 Å².